The van der Waals surface area contributed by atoms with E-state index < -0.39 is 5.97 Å². The fraction of sp³-hybridized carbons (Fsp3) is 0.667. The summed E-state index contributed by atoms with van der Waals surface area (Å²) in [4.78, 5) is 10.5. The molecular formula is C21H36O2. The van der Waals surface area contributed by atoms with Crippen LogP contribution in [-0.2, 0) is 4.79 Å². The Morgan fingerprint density at radius 3 is 1.91 bits per heavy atom. The summed E-state index contributed by atoms with van der Waals surface area (Å²) in [7, 11) is 0. The Morgan fingerprint density at radius 1 is 0.870 bits per heavy atom. The van der Waals surface area contributed by atoms with E-state index in [9.17, 15) is 4.79 Å². The third kappa shape index (κ3) is 18.6. The van der Waals surface area contributed by atoms with Gasteiger partial charge in [-0.05, 0) is 44.4 Å². The summed E-state index contributed by atoms with van der Waals surface area (Å²) in [5.41, 5.74) is 0. The Hall–Kier alpha value is -1.31. The molecule has 0 aromatic rings. The summed E-state index contributed by atoms with van der Waals surface area (Å²) < 4.78 is 0. The van der Waals surface area contributed by atoms with Crippen LogP contribution in [0.2, 0.25) is 0 Å². The van der Waals surface area contributed by atoms with E-state index in [-0.39, 0.29) is 0 Å². The maximum Gasteiger partial charge on any atom is 0.303 e. The predicted octanol–water partition coefficient (Wildman–Crippen LogP) is 6.69. The van der Waals surface area contributed by atoms with Crippen LogP contribution in [0.25, 0.3) is 0 Å². The van der Waals surface area contributed by atoms with Gasteiger partial charge in [-0.15, -0.1) is 0 Å². The van der Waals surface area contributed by atoms with Crippen LogP contribution in [0, 0.1) is 5.92 Å². The fourth-order valence-corrected chi connectivity index (χ4v) is 2.45. The average Bonchev–Trinajstić information content (AvgIpc) is 2.50. The molecular weight excluding hydrogens is 284 g/mol. The van der Waals surface area contributed by atoms with Gasteiger partial charge in [-0.3, -0.25) is 4.79 Å². The number of carbonyl (C=O) groups is 1. The molecule has 2 nitrogen and oxygen atoms in total. The smallest absolute Gasteiger partial charge is 0.303 e. The zero-order valence-corrected chi connectivity index (χ0v) is 15.2. The first-order valence-electron chi connectivity index (χ1n) is 9.33. The summed E-state index contributed by atoms with van der Waals surface area (Å²) in [5.74, 6) is -0.380. The Kier molecular flexibility index (Phi) is 16.1. The molecule has 0 heterocycles. The highest BCUT2D eigenvalue weighted by atomic mass is 16.4. The first kappa shape index (κ1) is 21.7. The van der Waals surface area contributed by atoms with E-state index in [0.717, 1.165) is 38.5 Å². The molecule has 1 atom stereocenters. The predicted molar refractivity (Wildman–Crippen MR) is 101 cm³/mol. The first-order valence-corrected chi connectivity index (χ1v) is 9.33. The molecule has 0 aliphatic heterocycles. The van der Waals surface area contributed by atoms with Crippen LogP contribution < -0.4 is 0 Å². The van der Waals surface area contributed by atoms with Crippen molar-refractivity contribution in [1.29, 1.82) is 0 Å². The highest BCUT2D eigenvalue weighted by molar-refractivity contribution is 5.66. The summed E-state index contributed by atoms with van der Waals surface area (Å²) >= 11 is 0. The molecule has 0 spiro atoms. The lowest BCUT2D eigenvalue weighted by molar-refractivity contribution is -0.138. The van der Waals surface area contributed by atoms with E-state index in [1.165, 1.54) is 25.7 Å². The van der Waals surface area contributed by atoms with Crippen LogP contribution in [0.5, 0.6) is 0 Å². The van der Waals surface area contributed by atoms with Crippen molar-refractivity contribution >= 4 is 5.97 Å². The molecule has 0 aromatic heterocycles. The van der Waals surface area contributed by atoms with Crippen LogP contribution in [0.1, 0.15) is 84.5 Å². The summed E-state index contributed by atoms with van der Waals surface area (Å²) in [6.07, 6.45) is 25.4. The third-order valence-electron chi connectivity index (χ3n) is 3.86. The topological polar surface area (TPSA) is 37.3 Å². The number of hydrogen-bond acceptors (Lipinski definition) is 1. The van der Waals surface area contributed by atoms with Crippen LogP contribution in [0.3, 0.4) is 0 Å². The number of allylic oxidation sites excluding steroid dienone is 6. The highest BCUT2D eigenvalue weighted by Crippen LogP contribution is 2.13. The van der Waals surface area contributed by atoms with Gasteiger partial charge in [0.25, 0.3) is 0 Å². The van der Waals surface area contributed by atoms with Gasteiger partial charge in [0, 0.05) is 6.42 Å². The van der Waals surface area contributed by atoms with Crippen molar-refractivity contribution in [2.45, 2.75) is 84.5 Å². The number of unbranched alkanes of at least 4 members (excludes halogenated alkanes) is 5. The van der Waals surface area contributed by atoms with Crippen molar-refractivity contribution in [3.63, 3.8) is 0 Å². The number of aliphatic carboxylic acids is 1. The molecule has 0 saturated heterocycles. The SMILES string of the molecule is CCCCCC=CCC=CCC=CCCCCC(C)CC(=O)O. The Bertz CT molecular complexity index is 353. The molecule has 0 aliphatic carbocycles. The molecule has 0 rings (SSSR count). The van der Waals surface area contributed by atoms with Crippen LogP contribution in [-0.4, -0.2) is 11.1 Å². The zero-order valence-electron chi connectivity index (χ0n) is 15.2. The Morgan fingerprint density at radius 2 is 1.39 bits per heavy atom. The number of carboxylic acid groups (broad SMARTS) is 1. The largest absolute Gasteiger partial charge is 0.481 e. The minimum atomic E-state index is -0.681. The summed E-state index contributed by atoms with van der Waals surface area (Å²) in [6.45, 7) is 4.26. The van der Waals surface area contributed by atoms with E-state index in [1.807, 2.05) is 6.92 Å². The maximum atomic E-state index is 10.5. The molecule has 0 aromatic carbocycles. The van der Waals surface area contributed by atoms with E-state index in [1.54, 1.807) is 0 Å². The van der Waals surface area contributed by atoms with E-state index in [0.29, 0.717) is 12.3 Å². The van der Waals surface area contributed by atoms with Crippen molar-refractivity contribution in [3.8, 4) is 0 Å². The van der Waals surface area contributed by atoms with Gasteiger partial charge in [-0.1, -0.05) is 76.0 Å². The number of hydrogen-bond donors (Lipinski definition) is 1. The Balaban J connectivity index is 3.40. The number of rotatable bonds is 15. The van der Waals surface area contributed by atoms with Crippen molar-refractivity contribution in [2.75, 3.05) is 0 Å². The number of carboxylic acids is 1. The second-order valence-electron chi connectivity index (χ2n) is 6.37. The minimum Gasteiger partial charge on any atom is -0.481 e. The average molecular weight is 321 g/mol. The van der Waals surface area contributed by atoms with Crippen molar-refractivity contribution in [3.05, 3.63) is 36.5 Å². The molecule has 1 unspecified atom stereocenters. The van der Waals surface area contributed by atoms with Gasteiger partial charge in [-0.25, -0.2) is 0 Å². The fourth-order valence-electron chi connectivity index (χ4n) is 2.45. The van der Waals surface area contributed by atoms with E-state index in [2.05, 4.69) is 43.4 Å². The highest BCUT2D eigenvalue weighted by Gasteiger charge is 2.06. The lowest BCUT2D eigenvalue weighted by Gasteiger charge is -2.06. The quantitative estimate of drug-likeness (QED) is 0.270. The lowest BCUT2D eigenvalue weighted by atomic mass is 10.00. The molecule has 23 heavy (non-hydrogen) atoms. The van der Waals surface area contributed by atoms with Crippen molar-refractivity contribution in [2.24, 2.45) is 5.92 Å². The van der Waals surface area contributed by atoms with Gasteiger partial charge in [0.2, 0.25) is 0 Å². The molecule has 2 heteroatoms. The first-order chi connectivity index (χ1) is 11.2. The van der Waals surface area contributed by atoms with Gasteiger partial charge in [0.05, 0.1) is 0 Å². The van der Waals surface area contributed by atoms with E-state index in [4.69, 9.17) is 5.11 Å². The lowest BCUT2D eigenvalue weighted by Crippen LogP contribution is -2.03. The summed E-state index contributed by atoms with van der Waals surface area (Å²) in [6, 6.07) is 0. The third-order valence-corrected chi connectivity index (χ3v) is 3.86. The monoisotopic (exact) mass is 320 g/mol. The van der Waals surface area contributed by atoms with Crippen molar-refractivity contribution in [1.82, 2.24) is 0 Å². The van der Waals surface area contributed by atoms with Crippen LogP contribution in [0.4, 0.5) is 0 Å². The van der Waals surface area contributed by atoms with Crippen LogP contribution >= 0.6 is 0 Å². The second-order valence-corrected chi connectivity index (χ2v) is 6.37. The van der Waals surface area contributed by atoms with E-state index >= 15 is 0 Å². The van der Waals surface area contributed by atoms with Crippen LogP contribution in [0.15, 0.2) is 36.5 Å². The Labute approximate surface area is 143 Å². The molecule has 0 saturated carbocycles. The van der Waals surface area contributed by atoms with Gasteiger partial charge in [0.1, 0.15) is 0 Å². The molecule has 0 aliphatic rings. The molecule has 0 bridgehead atoms. The molecule has 1 N–H and O–H groups in total. The zero-order chi connectivity index (χ0) is 17.2. The second kappa shape index (κ2) is 17.1. The van der Waals surface area contributed by atoms with Gasteiger partial charge < -0.3 is 5.11 Å². The maximum absolute atomic E-state index is 10.5. The molecule has 0 radical (unpaired) electrons. The molecule has 0 fully saturated rings. The standard InChI is InChI=1S/C21H36O2/c1-3-4-5-6-7-8-9-10-11-12-13-14-15-16-17-18-20(2)19-21(22)23/h7-8,10-11,13-14,20H,3-6,9,12,15-19H2,1-2H3,(H,22,23). The molecule has 132 valence electrons. The van der Waals surface area contributed by atoms with Gasteiger partial charge in [0.15, 0.2) is 0 Å². The minimum absolute atomic E-state index is 0.299. The van der Waals surface area contributed by atoms with Gasteiger partial charge >= 0.3 is 5.97 Å². The summed E-state index contributed by atoms with van der Waals surface area (Å²) in [5, 5.41) is 8.69. The normalized spacial score (nSPS) is 13.5. The van der Waals surface area contributed by atoms with Gasteiger partial charge in [-0.2, -0.15) is 0 Å². The molecule has 0 amide bonds. The van der Waals surface area contributed by atoms with Crippen molar-refractivity contribution < 1.29 is 9.90 Å².